The first kappa shape index (κ1) is 28.1. The molecule has 180 valence electrons. The van der Waals surface area contributed by atoms with Crippen molar-refractivity contribution in [3.63, 3.8) is 0 Å². The topological polar surface area (TPSA) is 20.2 Å². The molecule has 0 aliphatic heterocycles. The van der Waals surface area contributed by atoms with Gasteiger partial charge < -0.3 is 5.11 Å². The highest BCUT2D eigenvalue weighted by Crippen LogP contribution is 2.38. The van der Waals surface area contributed by atoms with Crippen LogP contribution in [0.2, 0.25) is 0 Å². The zero-order chi connectivity index (χ0) is 23.3. The van der Waals surface area contributed by atoms with Gasteiger partial charge in [-0.1, -0.05) is 118 Å². The zero-order valence-corrected chi connectivity index (χ0v) is 22.1. The number of aromatic hydroxyl groups is 1. The molecule has 1 aromatic carbocycles. The van der Waals surface area contributed by atoms with Crippen molar-refractivity contribution in [1.82, 2.24) is 0 Å². The Kier molecular flexibility index (Phi) is 12.9. The Morgan fingerprint density at radius 1 is 0.613 bits per heavy atom. The first-order chi connectivity index (χ1) is 14.5. The molecular weight excluding hydrogens is 376 g/mol. The third kappa shape index (κ3) is 12.6. The number of hydrogen-bond donors (Lipinski definition) is 1. The summed E-state index contributed by atoms with van der Waals surface area (Å²) in [6.45, 7) is 16.8. The summed E-state index contributed by atoms with van der Waals surface area (Å²) >= 11 is 0. The van der Waals surface area contributed by atoms with Gasteiger partial charge in [0.25, 0.3) is 0 Å². The van der Waals surface area contributed by atoms with Crippen LogP contribution in [0.5, 0.6) is 5.75 Å². The molecule has 0 saturated heterocycles. The Labute approximate surface area is 195 Å². The van der Waals surface area contributed by atoms with Crippen molar-refractivity contribution >= 4 is 0 Å². The van der Waals surface area contributed by atoms with E-state index in [1.165, 1.54) is 82.6 Å². The van der Waals surface area contributed by atoms with Crippen LogP contribution in [0.1, 0.15) is 131 Å². The minimum atomic E-state index is 0.312. The fraction of sp³-hybridized carbons (Fsp3) is 0.800. The van der Waals surface area contributed by atoms with E-state index < -0.39 is 0 Å². The molecule has 2 unspecified atom stereocenters. The summed E-state index contributed by atoms with van der Waals surface area (Å²) in [4.78, 5) is 0. The van der Waals surface area contributed by atoms with Crippen LogP contribution in [-0.4, -0.2) is 5.11 Å². The van der Waals surface area contributed by atoms with Gasteiger partial charge in [-0.3, -0.25) is 0 Å². The van der Waals surface area contributed by atoms with Gasteiger partial charge in [0.1, 0.15) is 5.75 Å². The molecule has 1 aromatic rings. The lowest BCUT2D eigenvalue weighted by atomic mass is 9.71. The maximum atomic E-state index is 9.58. The molecule has 0 spiro atoms. The molecular formula is C30H54O. The van der Waals surface area contributed by atoms with Crippen LogP contribution >= 0.6 is 0 Å². The van der Waals surface area contributed by atoms with Crippen LogP contribution in [0, 0.1) is 22.7 Å². The van der Waals surface area contributed by atoms with E-state index in [4.69, 9.17) is 0 Å². The largest absolute Gasteiger partial charge is 0.508 e. The summed E-state index contributed by atoms with van der Waals surface area (Å²) in [7, 11) is 0. The molecule has 0 bridgehead atoms. The Balaban J connectivity index is 2.46. The maximum Gasteiger partial charge on any atom is 0.115 e. The third-order valence-electron chi connectivity index (χ3n) is 7.38. The molecule has 0 heterocycles. The number of phenols is 1. The highest BCUT2D eigenvalue weighted by atomic mass is 16.3. The number of benzene rings is 1. The van der Waals surface area contributed by atoms with E-state index in [-0.39, 0.29) is 0 Å². The van der Waals surface area contributed by atoms with Crippen LogP contribution in [0.15, 0.2) is 24.3 Å². The van der Waals surface area contributed by atoms with E-state index in [9.17, 15) is 5.11 Å². The molecule has 0 aliphatic rings. The van der Waals surface area contributed by atoms with E-state index in [1.807, 2.05) is 12.1 Å². The van der Waals surface area contributed by atoms with Gasteiger partial charge in [0, 0.05) is 0 Å². The number of hydrogen-bond acceptors (Lipinski definition) is 1. The third-order valence-corrected chi connectivity index (χ3v) is 7.38. The quantitative estimate of drug-likeness (QED) is 0.274. The second-order valence-electron chi connectivity index (χ2n) is 12.2. The lowest BCUT2D eigenvalue weighted by molar-refractivity contribution is 0.177. The van der Waals surface area contributed by atoms with Gasteiger partial charge in [-0.05, 0) is 66.0 Å². The average molecular weight is 431 g/mol. The predicted molar refractivity (Wildman–Crippen MR) is 139 cm³/mol. The highest BCUT2D eigenvalue weighted by molar-refractivity contribution is 5.26. The van der Waals surface area contributed by atoms with Gasteiger partial charge in [0.15, 0.2) is 0 Å². The Morgan fingerprint density at radius 3 is 1.58 bits per heavy atom. The minimum Gasteiger partial charge on any atom is -0.508 e. The van der Waals surface area contributed by atoms with Crippen LogP contribution in [0.3, 0.4) is 0 Å². The highest BCUT2D eigenvalue weighted by Gasteiger charge is 2.27. The molecule has 2 atom stereocenters. The van der Waals surface area contributed by atoms with Crippen LogP contribution in [0.4, 0.5) is 0 Å². The van der Waals surface area contributed by atoms with Crippen molar-refractivity contribution in [2.45, 2.75) is 132 Å². The Hall–Kier alpha value is -0.980. The van der Waals surface area contributed by atoms with E-state index in [1.54, 1.807) is 0 Å². The Bertz CT molecular complexity index is 558. The SMILES string of the molecule is CCCCCCCCCCC(CCCC(Cc1ccc(O)cc1)C(C)(C)C)C(C)(C)C. The van der Waals surface area contributed by atoms with E-state index in [0.29, 0.717) is 22.5 Å². The fourth-order valence-corrected chi connectivity index (χ4v) is 4.90. The summed E-state index contributed by atoms with van der Waals surface area (Å²) in [6.07, 6.45) is 17.8. The average Bonchev–Trinajstić information content (AvgIpc) is 2.67. The molecule has 1 rings (SSSR count). The number of unbranched alkanes of at least 4 members (excludes halogenated alkanes) is 7. The van der Waals surface area contributed by atoms with Crippen LogP contribution in [0.25, 0.3) is 0 Å². The van der Waals surface area contributed by atoms with Crippen molar-refractivity contribution in [2.24, 2.45) is 22.7 Å². The lowest BCUT2D eigenvalue weighted by Crippen LogP contribution is -2.24. The van der Waals surface area contributed by atoms with Crippen molar-refractivity contribution in [3.8, 4) is 5.75 Å². The molecule has 1 N–H and O–H groups in total. The van der Waals surface area contributed by atoms with E-state index in [0.717, 1.165) is 12.3 Å². The monoisotopic (exact) mass is 430 g/mol. The van der Waals surface area contributed by atoms with Gasteiger partial charge in [-0.25, -0.2) is 0 Å². The van der Waals surface area contributed by atoms with E-state index >= 15 is 0 Å². The standard InChI is InChI=1S/C30H54O/c1-8-9-10-11-12-13-14-15-17-26(29(2,3)4)18-16-19-27(30(5,6)7)24-25-20-22-28(31)23-21-25/h20-23,26-27,31H,8-19,24H2,1-7H3. The fourth-order valence-electron chi connectivity index (χ4n) is 4.90. The summed E-state index contributed by atoms with van der Waals surface area (Å²) in [5.41, 5.74) is 2.08. The van der Waals surface area contributed by atoms with Crippen LogP contribution in [-0.2, 0) is 6.42 Å². The summed E-state index contributed by atoms with van der Waals surface area (Å²) < 4.78 is 0. The number of rotatable bonds is 15. The second kappa shape index (κ2) is 14.2. The maximum absolute atomic E-state index is 9.58. The minimum absolute atomic E-state index is 0.312. The molecule has 1 heteroatoms. The van der Waals surface area contributed by atoms with Crippen molar-refractivity contribution < 1.29 is 5.11 Å². The molecule has 0 fully saturated rings. The van der Waals surface area contributed by atoms with Crippen molar-refractivity contribution in [3.05, 3.63) is 29.8 Å². The molecule has 0 aromatic heterocycles. The molecule has 31 heavy (non-hydrogen) atoms. The van der Waals surface area contributed by atoms with Crippen molar-refractivity contribution in [2.75, 3.05) is 0 Å². The van der Waals surface area contributed by atoms with Gasteiger partial charge in [0.05, 0.1) is 0 Å². The lowest BCUT2D eigenvalue weighted by Gasteiger charge is -2.34. The van der Waals surface area contributed by atoms with Gasteiger partial charge in [0.2, 0.25) is 0 Å². The molecule has 1 nitrogen and oxygen atoms in total. The first-order valence-electron chi connectivity index (χ1n) is 13.3. The molecule has 0 saturated carbocycles. The smallest absolute Gasteiger partial charge is 0.115 e. The van der Waals surface area contributed by atoms with Gasteiger partial charge in [-0.2, -0.15) is 0 Å². The normalized spacial score (nSPS) is 14.5. The summed E-state index contributed by atoms with van der Waals surface area (Å²) in [6, 6.07) is 7.84. The Morgan fingerprint density at radius 2 is 1.06 bits per heavy atom. The summed E-state index contributed by atoms with van der Waals surface area (Å²) in [5.74, 6) is 1.88. The van der Waals surface area contributed by atoms with Gasteiger partial charge >= 0.3 is 0 Å². The van der Waals surface area contributed by atoms with E-state index in [2.05, 4.69) is 60.6 Å². The van der Waals surface area contributed by atoms with Crippen LogP contribution < -0.4 is 0 Å². The molecule has 0 amide bonds. The van der Waals surface area contributed by atoms with Gasteiger partial charge in [-0.15, -0.1) is 0 Å². The summed E-state index contributed by atoms with van der Waals surface area (Å²) in [5, 5.41) is 9.58. The molecule has 0 radical (unpaired) electrons. The predicted octanol–water partition coefficient (Wildman–Crippen LogP) is 9.96. The second-order valence-corrected chi connectivity index (χ2v) is 12.2. The first-order valence-corrected chi connectivity index (χ1v) is 13.3. The zero-order valence-electron chi connectivity index (χ0n) is 22.1. The number of phenolic OH excluding ortho intramolecular Hbond substituents is 1. The molecule has 0 aliphatic carbocycles. The van der Waals surface area contributed by atoms with Crippen molar-refractivity contribution in [1.29, 1.82) is 0 Å².